The predicted octanol–water partition coefficient (Wildman–Crippen LogP) is 7.64. The Kier molecular flexibility index (Phi) is 10.1. The maximum Gasteiger partial charge on any atom is 0.338 e. The minimum absolute atomic E-state index is 0.0323. The van der Waals surface area contributed by atoms with Gasteiger partial charge in [-0.2, -0.15) is 0 Å². The summed E-state index contributed by atoms with van der Waals surface area (Å²) in [5.74, 6) is -0.706. The van der Waals surface area contributed by atoms with Crippen molar-refractivity contribution in [2.45, 2.75) is 96.0 Å². The highest BCUT2D eigenvalue weighted by atomic mass is 28.4. The molecule has 0 bridgehead atoms. The second-order valence-electron chi connectivity index (χ2n) is 13.9. The summed E-state index contributed by atoms with van der Waals surface area (Å²) in [6, 6.07) is 30.6. The van der Waals surface area contributed by atoms with Crippen molar-refractivity contribution < 1.29 is 23.5 Å². The summed E-state index contributed by atoms with van der Waals surface area (Å²) < 4.78 is 19.6. The lowest BCUT2D eigenvalue weighted by atomic mass is 9.89. The molecule has 3 aromatic carbocycles. The van der Waals surface area contributed by atoms with Crippen molar-refractivity contribution in [3.63, 3.8) is 0 Å². The molecule has 1 heterocycles. The van der Waals surface area contributed by atoms with E-state index in [0.717, 1.165) is 25.7 Å². The molecule has 0 N–H and O–H groups in total. The SMILES string of the molecule is CCCCCC(C)(/C=C/C1C(OC(=O)c2ccccc2)CC2OC(=O)CC21)O[Si](c1ccccc1)(c1ccccc1)C(C)(C)C. The number of unbranched alkanes of at least 4 members (excludes halogenated alkanes) is 2. The number of carbonyl (C=O) groups excluding carboxylic acids is 2. The standard InChI is InChI=1S/C39H48O5Si/c1-6-7-17-25-39(5,44-45(38(2,3)4,30-20-13-9-14-21-30)31-22-15-10-16-23-31)26-24-32-33-27-36(40)42-35(33)28-34(32)43-37(41)29-18-11-8-12-19-29/h8-16,18-24,26,32-35H,6-7,17,25,27-28H2,1-5H3/b26-24+. The van der Waals surface area contributed by atoms with E-state index in [-0.39, 0.29) is 41.0 Å². The Morgan fingerprint density at radius 1 is 0.889 bits per heavy atom. The van der Waals surface area contributed by atoms with Crippen LogP contribution in [0, 0.1) is 11.8 Å². The lowest BCUT2D eigenvalue weighted by Crippen LogP contribution is -2.69. The second-order valence-corrected chi connectivity index (χ2v) is 18.1. The fourth-order valence-electron chi connectivity index (χ4n) is 7.28. The van der Waals surface area contributed by atoms with E-state index in [0.29, 0.717) is 18.4 Å². The van der Waals surface area contributed by atoms with E-state index in [4.69, 9.17) is 13.9 Å². The largest absolute Gasteiger partial charge is 0.462 e. The fraction of sp³-hybridized carbons (Fsp3) is 0.436. The first-order valence-electron chi connectivity index (χ1n) is 16.5. The zero-order valence-electron chi connectivity index (χ0n) is 27.4. The molecule has 5 nitrogen and oxygen atoms in total. The first-order chi connectivity index (χ1) is 21.6. The summed E-state index contributed by atoms with van der Waals surface area (Å²) in [5, 5.41) is 2.31. The highest BCUT2D eigenvalue weighted by Crippen LogP contribution is 2.45. The van der Waals surface area contributed by atoms with Gasteiger partial charge in [-0.25, -0.2) is 4.79 Å². The Morgan fingerprint density at radius 2 is 1.47 bits per heavy atom. The number of carbonyl (C=O) groups is 2. The van der Waals surface area contributed by atoms with Gasteiger partial charge in [-0.3, -0.25) is 4.79 Å². The van der Waals surface area contributed by atoms with Gasteiger partial charge in [0.2, 0.25) is 0 Å². The summed E-state index contributed by atoms with van der Waals surface area (Å²) in [6.45, 7) is 11.3. The fourth-order valence-corrected chi connectivity index (χ4v) is 12.1. The molecule has 1 aliphatic heterocycles. The van der Waals surface area contributed by atoms with Crippen LogP contribution in [0.15, 0.2) is 103 Å². The molecule has 3 aromatic rings. The van der Waals surface area contributed by atoms with E-state index < -0.39 is 13.9 Å². The van der Waals surface area contributed by atoms with Crippen molar-refractivity contribution in [1.29, 1.82) is 0 Å². The number of rotatable bonds is 12. The summed E-state index contributed by atoms with van der Waals surface area (Å²) in [6.07, 6.45) is 8.72. The van der Waals surface area contributed by atoms with Crippen LogP contribution in [-0.4, -0.2) is 38.1 Å². The lowest BCUT2D eigenvalue weighted by Gasteiger charge is -2.48. The van der Waals surface area contributed by atoms with Crippen LogP contribution < -0.4 is 10.4 Å². The maximum absolute atomic E-state index is 13.1. The van der Waals surface area contributed by atoms with Crippen LogP contribution >= 0.6 is 0 Å². The molecule has 6 heteroatoms. The zero-order valence-corrected chi connectivity index (χ0v) is 28.4. The van der Waals surface area contributed by atoms with Gasteiger partial charge in [-0.05, 0) is 40.9 Å². The summed E-state index contributed by atoms with van der Waals surface area (Å²) >= 11 is 0. The number of ether oxygens (including phenoxy) is 2. The van der Waals surface area contributed by atoms with Crippen molar-refractivity contribution in [3.8, 4) is 0 Å². The van der Waals surface area contributed by atoms with Crippen LogP contribution in [-0.2, 0) is 18.7 Å². The predicted molar refractivity (Wildman–Crippen MR) is 182 cm³/mol. The van der Waals surface area contributed by atoms with Gasteiger partial charge in [-0.15, -0.1) is 0 Å². The van der Waals surface area contributed by atoms with E-state index in [1.165, 1.54) is 10.4 Å². The lowest BCUT2D eigenvalue weighted by molar-refractivity contribution is -0.141. The van der Waals surface area contributed by atoms with Crippen LogP contribution in [0.4, 0.5) is 0 Å². The summed E-state index contributed by atoms with van der Waals surface area (Å²) in [4.78, 5) is 25.5. The van der Waals surface area contributed by atoms with E-state index >= 15 is 0 Å². The minimum atomic E-state index is -2.86. The normalized spacial score (nSPS) is 23.0. The number of fused-ring (bicyclic) bond motifs is 1. The molecule has 2 aliphatic rings. The molecule has 0 radical (unpaired) electrons. The Labute approximate surface area is 270 Å². The molecular weight excluding hydrogens is 577 g/mol. The van der Waals surface area contributed by atoms with E-state index in [1.54, 1.807) is 12.1 Å². The Hall–Kier alpha value is -3.48. The van der Waals surface area contributed by atoms with Gasteiger partial charge in [0.15, 0.2) is 0 Å². The number of benzene rings is 3. The smallest absolute Gasteiger partial charge is 0.338 e. The molecule has 0 spiro atoms. The average Bonchev–Trinajstić information content (AvgIpc) is 3.54. The Morgan fingerprint density at radius 3 is 2.02 bits per heavy atom. The highest BCUT2D eigenvalue weighted by Gasteiger charge is 2.54. The summed E-state index contributed by atoms with van der Waals surface area (Å²) in [7, 11) is -2.86. The van der Waals surface area contributed by atoms with Crippen molar-refractivity contribution in [2.24, 2.45) is 11.8 Å². The molecule has 1 saturated carbocycles. The van der Waals surface area contributed by atoms with Crippen molar-refractivity contribution in [2.75, 3.05) is 0 Å². The van der Waals surface area contributed by atoms with Crippen LogP contribution in [0.1, 0.15) is 83.5 Å². The molecule has 2 fully saturated rings. The molecule has 5 atom stereocenters. The van der Waals surface area contributed by atoms with E-state index in [9.17, 15) is 9.59 Å². The first kappa shape index (κ1) is 32.9. The zero-order chi connectivity index (χ0) is 32.1. The molecule has 0 aromatic heterocycles. The molecule has 45 heavy (non-hydrogen) atoms. The van der Waals surface area contributed by atoms with Crippen molar-refractivity contribution in [1.82, 2.24) is 0 Å². The van der Waals surface area contributed by atoms with Gasteiger partial charge >= 0.3 is 11.9 Å². The van der Waals surface area contributed by atoms with Gasteiger partial charge in [0.25, 0.3) is 8.32 Å². The van der Waals surface area contributed by atoms with Crippen LogP contribution in [0.2, 0.25) is 5.04 Å². The molecule has 238 valence electrons. The molecular formula is C39H48O5Si. The molecule has 5 rings (SSSR count). The average molecular weight is 625 g/mol. The van der Waals surface area contributed by atoms with Crippen LogP contribution in [0.25, 0.3) is 0 Å². The van der Waals surface area contributed by atoms with E-state index in [2.05, 4.69) is 107 Å². The number of esters is 2. The molecule has 0 amide bonds. The topological polar surface area (TPSA) is 61.8 Å². The van der Waals surface area contributed by atoms with Crippen molar-refractivity contribution >= 4 is 30.6 Å². The number of hydrogen-bond donors (Lipinski definition) is 0. The second kappa shape index (κ2) is 13.9. The molecule has 5 unspecified atom stereocenters. The van der Waals surface area contributed by atoms with Crippen molar-refractivity contribution in [3.05, 3.63) is 109 Å². The third kappa shape index (κ3) is 7.18. The van der Waals surface area contributed by atoms with Crippen LogP contribution in [0.5, 0.6) is 0 Å². The molecule has 1 saturated heterocycles. The van der Waals surface area contributed by atoms with Gasteiger partial charge < -0.3 is 13.9 Å². The molecule has 1 aliphatic carbocycles. The minimum Gasteiger partial charge on any atom is -0.462 e. The summed E-state index contributed by atoms with van der Waals surface area (Å²) in [5.41, 5.74) is -0.0793. The monoisotopic (exact) mass is 624 g/mol. The van der Waals surface area contributed by atoms with Crippen LogP contribution in [0.3, 0.4) is 0 Å². The van der Waals surface area contributed by atoms with E-state index in [1.807, 2.05) is 18.2 Å². The quantitative estimate of drug-likeness (QED) is 0.0897. The van der Waals surface area contributed by atoms with Gasteiger partial charge in [-0.1, -0.05) is 138 Å². The van der Waals surface area contributed by atoms with Gasteiger partial charge in [0, 0.05) is 18.3 Å². The Balaban J connectivity index is 1.54. The first-order valence-corrected chi connectivity index (χ1v) is 18.4. The third-order valence-electron chi connectivity index (χ3n) is 9.57. The maximum atomic E-state index is 13.1. The highest BCUT2D eigenvalue weighted by molar-refractivity contribution is 6.99. The van der Waals surface area contributed by atoms with Gasteiger partial charge in [0.1, 0.15) is 12.2 Å². The number of hydrogen-bond acceptors (Lipinski definition) is 5. The Bertz CT molecular complexity index is 1410. The van der Waals surface area contributed by atoms with Gasteiger partial charge in [0.05, 0.1) is 17.6 Å². The third-order valence-corrected chi connectivity index (χ3v) is 14.7.